The number of anilines is 1. The zero-order chi connectivity index (χ0) is 18.2. The lowest BCUT2D eigenvalue weighted by Crippen LogP contribution is -2.33. The van der Waals surface area contributed by atoms with Crippen LogP contribution in [0.2, 0.25) is 0 Å². The Balaban J connectivity index is 2.37. The number of rotatable bonds is 7. The summed E-state index contributed by atoms with van der Waals surface area (Å²) >= 11 is 0. The minimum absolute atomic E-state index is 0.0476. The highest BCUT2D eigenvalue weighted by atomic mass is 19.4. The summed E-state index contributed by atoms with van der Waals surface area (Å²) in [6.45, 7) is -1.37. The molecule has 0 bridgehead atoms. The molecule has 7 nitrogen and oxygen atoms in total. The molecular weight excluding hydrogens is 333 g/mol. The molecule has 1 aromatic rings. The van der Waals surface area contributed by atoms with E-state index in [0.29, 0.717) is 0 Å². The van der Waals surface area contributed by atoms with E-state index in [-0.39, 0.29) is 12.2 Å². The predicted molar refractivity (Wildman–Crippen MR) is 75.9 cm³/mol. The Morgan fingerprint density at radius 3 is 2.42 bits per heavy atom. The number of alkyl halides is 3. The summed E-state index contributed by atoms with van der Waals surface area (Å²) < 4.78 is 46.7. The van der Waals surface area contributed by atoms with Gasteiger partial charge in [0.1, 0.15) is 19.8 Å². The molecule has 2 amide bonds. The standard InChI is InChI=1S/C14H15F3N2O5/c1-23-13(22)6-18-11(20)7-24-8-12(21)19-10-4-2-3-9(5-10)14(15,16)17/h2-5H,6-8H2,1H3,(H,18,20)(H,19,21). The van der Waals surface area contributed by atoms with E-state index in [1.165, 1.54) is 6.07 Å². The summed E-state index contributed by atoms with van der Waals surface area (Å²) in [5.74, 6) is -2.02. The summed E-state index contributed by atoms with van der Waals surface area (Å²) in [5, 5.41) is 4.40. The maximum absolute atomic E-state index is 12.5. The van der Waals surface area contributed by atoms with Crippen molar-refractivity contribution in [3.05, 3.63) is 29.8 Å². The third kappa shape index (κ3) is 7.09. The van der Waals surface area contributed by atoms with Crippen LogP contribution in [0, 0.1) is 0 Å². The highest BCUT2D eigenvalue weighted by molar-refractivity contribution is 5.92. The molecule has 0 heterocycles. The molecule has 0 aliphatic carbocycles. The molecule has 0 aliphatic heterocycles. The van der Waals surface area contributed by atoms with Gasteiger partial charge in [0.25, 0.3) is 0 Å². The van der Waals surface area contributed by atoms with Crippen LogP contribution >= 0.6 is 0 Å². The van der Waals surface area contributed by atoms with Gasteiger partial charge in [-0.3, -0.25) is 14.4 Å². The number of carbonyl (C=O) groups excluding carboxylic acids is 3. The number of benzene rings is 1. The largest absolute Gasteiger partial charge is 0.468 e. The quantitative estimate of drug-likeness (QED) is 0.716. The fourth-order valence-corrected chi connectivity index (χ4v) is 1.50. The van der Waals surface area contributed by atoms with E-state index in [1.54, 1.807) is 0 Å². The van der Waals surface area contributed by atoms with E-state index in [1.807, 2.05) is 0 Å². The lowest BCUT2D eigenvalue weighted by atomic mass is 10.2. The van der Waals surface area contributed by atoms with Crippen molar-refractivity contribution in [2.24, 2.45) is 0 Å². The maximum atomic E-state index is 12.5. The first-order valence-corrected chi connectivity index (χ1v) is 6.60. The van der Waals surface area contributed by atoms with Gasteiger partial charge in [0, 0.05) is 5.69 Å². The molecule has 0 radical (unpaired) electrons. The lowest BCUT2D eigenvalue weighted by Gasteiger charge is -2.10. The molecule has 0 fully saturated rings. The monoisotopic (exact) mass is 348 g/mol. The molecule has 0 aromatic heterocycles. The highest BCUT2D eigenvalue weighted by Crippen LogP contribution is 2.30. The number of ether oxygens (including phenoxy) is 2. The third-order valence-electron chi connectivity index (χ3n) is 2.60. The second-order valence-electron chi connectivity index (χ2n) is 4.47. The second kappa shape index (κ2) is 8.87. The summed E-state index contributed by atoms with van der Waals surface area (Å²) in [6.07, 6.45) is -4.52. The van der Waals surface area contributed by atoms with Gasteiger partial charge >= 0.3 is 12.1 Å². The van der Waals surface area contributed by atoms with E-state index in [4.69, 9.17) is 4.74 Å². The second-order valence-corrected chi connectivity index (χ2v) is 4.47. The Morgan fingerprint density at radius 2 is 1.79 bits per heavy atom. The molecule has 0 saturated heterocycles. The van der Waals surface area contributed by atoms with Crippen molar-refractivity contribution < 1.29 is 37.0 Å². The summed E-state index contributed by atoms with van der Waals surface area (Å²) in [7, 11) is 1.16. The number of esters is 1. The Kier molecular flexibility index (Phi) is 7.18. The Bertz CT molecular complexity index is 604. The number of hydrogen-bond donors (Lipinski definition) is 2. The number of carbonyl (C=O) groups is 3. The van der Waals surface area contributed by atoms with Crippen molar-refractivity contribution >= 4 is 23.5 Å². The van der Waals surface area contributed by atoms with E-state index in [9.17, 15) is 27.6 Å². The van der Waals surface area contributed by atoms with Gasteiger partial charge in [0.05, 0.1) is 12.7 Å². The van der Waals surface area contributed by atoms with Crippen molar-refractivity contribution in [1.82, 2.24) is 5.32 Å². The normalized spacial score (nSPS) is 10.8. The van der Waals surface area contributed by atoms with E-state index >= 15 is 0 Å². The van der Waals surface area contributed by atoms with E-state index in [2.05, 4.69) is 15.4 Å². The van der Waals surface area contributed by atoms with Crippen LogP contribution in [0.15, 0.2) is 24.3 Å². The van der Waals surface area contributed by atoms with Gasteiger partial charge < -0.3 is 20.1 Å². The average molecular weight is 348 g/mol. The summed E-state index contributed by atoms with van der Waals surface area (Å²) in [6, 6.07) is 4.09. The molecule has 24 heavy (non-hydrogen) atoms. The Morgan fingerprint density at radius 1 is 1.12 bits per heavy atom. The molecule has 0 saturated carbocycles. The van der Waals surface area contributed by atoms with Gasteiger partial charge in [-0.1, -0.05) is 6.07 Å². The van der Waals surface area contributed by atoms with Gasteiger partial charge in [-0.15, -0.1) is 0 Å². The zero-order valence-electron chi connectivity index (χ0n) is 12.6. The topological polar surface area (TPSA) is 93.7 Å². The van der Waals surface area contributed by atoms with Gasteiger partial charge in [0.2, 0.25) is 11.8 Å². The zero-order valence-corrected chi connectivity index (χ0v) is 12.6. The van der Waals surface area contributed by atoms with Crippen LogP contribution in [0.3, 0.4) is 0 Å². The molecule has 0 spiro atoms. The maximum Gasteiger partial charge on any atom is 0.416 e. The van der Waals surface area contributed by atoms with Crippen molar-refractivity contribution in [2.45, 2.75) is 6.18 Å². The van der Waals surface area contributed by atoms with Crippen molar-refractivity contribution in [2.75, 3.05) is 32.2 Å². The van der Waals surface area contributed by atoms with E-state index < -0.39 is 42.7 Å². The molecular formula is C14H15F3N2O5. The minimum Gasteiger partial charge on any atom is -0.468 e. The average Bonchev–Trinajstić information content (AvgIpc) is 2.52. The first kappa shape index (κ1) is 19.4. The van der Waals surface area contributed by atoms with Crippen molar-refractivity contribution in [1.29, 1.82) is 0 Å². The number of methoxy groups -OCH3 is 1. The van der Waals surface area contributed by atoms with Crippen LogP contribution in [-0.4, -0.2) is 44.7 Å². The number of amides is 2. The lowest BCUT2D eigenvalue weighted by molar-refractivity contribution is -0.142. The molecule has 0 aliphatic rings. The van der Waals surface area contributed by atoms with E-state index in [0.717, 1.165) is 25.3 Å². The van der Waals surface area contributed by atoms with Crippen LogP contribution in [0.5, 0.6) is 0 Å². The molecule has 2 N–H and O–H groups in total. The first-order chi connectivity index (χ1) is 11.2. The first-order valence-electron chi connectivity index (χ1n) is 6.60. The number of hydrogen-bond acceptors (Lipinski definition) is 5. The SMILES string of the molecule is COC(=O)CNC(=O)COCC(=O)Nc1cccc(C(F)(F)F)c1. The van der Waals surface area contributed by atoms with Crippen LogP contribution in [0.25, 0.3) is 0 Å². The van der Waals surface area contributed by atoms with Crippen molar-refractivity contribution in [3.63, 3.8) is 0 Å². The Hall–Kier alpha value is -2.62. The van der Waals surface area contributed by atoms with Gasteiger partial charge in [-0.25, -0.2) is 0 Å². The van der Waals surface area contributed by atoms with Crippen molar-refractivity contribution in [3.8, 4) is 0 Å². The third-order valence-corrected chi connectivity index (χ3v) is 2.60. The van der Waals surface area contributed by atoms with Gasteiger partial charge in [-0.2, -0.15) is 13.2 Å². The van der Waals surface area contributed by atoms with Crippen LogP contribution < -0.4 is 10.6 Å². The molecule has 10 heteroatoms. The molecule has 0 atom stereocenters. The van der Waals surface area contributed by atoms with Crippen LogP contribution in [0.4, 0.5) is 18.9 Å². The van der Waals surface area contributed by atoms with Gasteiger partial charge in [-0.05, 0) is 18.2 Å². The molecule has 132 valence electrons. The molecule has 1 aromatic carbocycles. The number of nitrogens with one attached hydrogen (secondary N) is 2. The molecule has 0 unspecified atom stereocenters. The molecule has 1 rings (SSSR count). The fourth-order valence-electron chi connectivity index (χ4n) is 1.50. The van der Waals surface area contributed by atoms with Gasteiger partial charge in [0.15, 0.2) is 0 Å². The Labute approximate surface area is 135 Å². The highest BCUT2D eigenvalue weighted by Gasteiger charge is 2.30. The van der Waals surface area contributed by atoms with Crippen LogP contribution in [-0.2, 0) is 30.0 Å². The smallest absolute Gasteiger partial charge is 0.416 e. The minimum atomic E-state index is -4.52. The van der Waals surface area contributed by atoms with Crippen LogP contribution in [0.1, 0.15) is 5.56 Å². The predicted octanol–water partition coefficient (Wildman–Crippen LogP) is 0.950. The summed E-state index contributed by atoms with van der Waals surface area (Å²) in [4.78, 5) is 33.6. The summed E-state index contributed by atoms with van der Waals surface area (Å²) in [5.41, 5.74) is -0.947. The number of halogens is 3. The fraction of sp³-hybridized carbons (Fsp3) is 0.357.